The van der Waals surface area contributed by atoms with Gasteiger partial charge in [-0.1, -0.05) is 20.8 Å². The molecule has 0 atom stereocenters. The van der Waals surface area contributed by atoms with Crippen molar-refractivity contribution in [3.05, 3.63) is 10.1 Å². The molecule has 0 aliphatic rings. The first-order valence-electron chi connectivity index (χ1n) is 9.93. The van der Waals surface area contributed by atoms with E-state index in [0.29, 0.717) is 6.42 Å². The second-order valence-electron chi connectivity index (χ2n) is 10.7. The van der Waals surface area contributed by atoms with Crippen LogP contribution in [0.3, 0.4) is 0 Å². The summed E-state index contributed by atoms with van der Waals surface area (Å²) < 4.78 is 10.6. The third-order valence-electron chi connectivity index (χ3n) is 4.16. The van der Waals surface area contributed by atoms with Crippen LogP contribution in [-0.2, 0) is 19.1 Å². The Morgan fingerprint density at radius 2 is 1.07 bits per heavy atom. The van der Waals surface area contributed by atoms with Gasteiger partial charge >= 0.3 is 11.9 Å². The monoisotopic (exact) mass is 401 g/mol. The van der Waals surface area contributed by atoms with Crippen LogP contribution in [-0.4, -0.2) is 33.6 Å². The SMILES string of the molecule is CC(C)(C)CCC(CCC(=O)OC(C)(C)C)(CCC(=O)OC(C)(C)C)[N+](=O)[O-]. The van der Waals surface area contributed by atoms with Crippen molar-refractivity contribution >= 4 is 11.9 Å². The van der Waals surface area contributed by atoms with Crippen molar-refractivity contribution in [1.29, 1.82) is 0 Å². The van der Waals surface area contributed by atoms with E-state index in [1.54, 1.807) is 41.5 Å². The summed E-state index contributed by atoms with van der Waals surface area (Å²) in [6.45, 7) is 16.6. The van der Waals surface area contributed by atoms with Crippen LogP contribution in [0, 0.1) is 15.5 Å². The predicted octanol–water partition coefficient (Wildman–Crippen LogP) is 5.07. The van der Waals surface area contributed by atoms with Gasteiger partial charge in [0.2, 0.25) is 5.54 Å². The lowest BCUT2D eigenvalue weighted by molar-refractivity contribution is -0.574. The van der Waals surface area contributed by atoms with E-state index in [2.05, 4.69) is 0 Å². The summed E-state index contributed by atoms with van der Waals surface area (Å²) >= 11 is 0. The zero-order valence-corrected chi connectivity index (χ0v) is 19.1. The summed E-state index contributed by atoms with van der Waals surface area (Å²) in [5.41, 5.74) is -2.74. The van der Waals surface area contributed by atoms with E-state index in [-0.39, 0.29) is 42.4 Å². The van der Waals surface area contributed by atoms with E-state index in [4.69, 9.17) is 9.47 Å². The van der Waals surface area contributed by atoms with Crippen molar-refractivity contribution < 1.29 is 24.0 Å². The fourth-order valence-electron chi connectivity index (χ4n) is 2.71. The second-order valence-corrected chi connectivity index (χ2v) is 10.7. The number of rotatable bonds is 9. The number of carbonyl (C=O) groups is 2. The molecule has 0 spiro atoms. The first-order valence-corrected chi connectivity index (χ1v) is 9.93. The molecule has 0 aromatic heterocycles. The van der Waals surface area contributed by atoms with Crippen LogP contribution in [0.5, 0.6) is 0 Å². The standard InChI is InChI=1S/C21H39NO6/c1-18(2,3)14-15-21(22(25)26,12-10-16(23)27-19(4,5)6)13-11-17(24)28-20(7,8)9/h10-15H2,1-9H3. The largest absolute Gasteiger partial charge is 0.460 e. The van der Waals surface area contributed by atoms with Crippen LogP contribution in [0.1, 0.15) is 101 Å². The van der Waals surface area contributed by atoms with Crippen LogP contribution in [0.25, 0.3) is 0 Å². The molecule has 0 radical (unpaired) electrons. The average Bonchev–Trinajstić information content (AvgIpc) is 2.41. The number of hydrogen-bond donors (Lipinski definition) is 0. The van der Waals surface area contributed by atoms with Gasteiger partial charge < -0.3 is 9.47 Å². The van der Waals surface area contributed by atoms with Gasteiger partial charge in [-0.05, 0) is 53.4 Å². The van der Waals surface area contributed by atoms with E-state index in [1.807, 2.05) is 20.8 Å². The molecule has 164 valence electrons. The number of hydrogen-bond acceptors (Lipinski definition) is 6. The quantitative estimate of drug-likeness (QED) is 0.304. The zero-order chi connectivity index (χ0) is 22.4. The third kappa shape index (κ3) is 11.9. The molecule has 0 heterocycles. The molecule has 0 aliphatic carbocycles. The normalized spacial score (nSPS) is 13.2. The number of carbonyl (C=O) groups excluding carboxylic acids is 2. The zero-order valence-electron chi connectivity index (χ0n) is 19.1. The summed E-state index contributed by atoms with van der Waals surface area (Å²) in [7, 11) is 0. The van der Waals surface area contributed by atoms with Gasteiger partial charge in [0.05, 0.1) is 12.8 Å². The Morgan fingerprint density at radius 3 is 1.32 bits per heavy atom. The van der Waals surface area contributed by atoms with Gasteiger partial charge in [0, 0.05) is 24.2 Å². The number of nitrogens with zero attached hydrogens (tertiary/aromatic N) is 1. The predicted molar refractivity (Wildman–Crippen MR) is 109 cm³/mol. The maximum absolute atomic E-state index is 12.1. The van der Waals surface area contributed by atoms with Crippen molar-refractivity contribution in [2.24, 2.45) is 5.41 Å². The Balaban J connectivity index is 5.32. The van der Waals surface area contributed by atoms with E-state index >= 15 is 0 Å². The highest BCUT2D eigenvalue weighted by Gasteiger charge is 2.44. The average molecular weight is 402 g/mol. The van der Waals surface area contributed by atoms with Crippen LogP contribution in [0.4, 0.5) is 0 Å². The highest BCUT2D eigenvalue weighted by molar-refractivity contribution is 5.70. The van der Waals surface area contributed by atoms with Gasteiger partial charge in [0.15, 0.2) is 0 Å². The summed E-state index contributed by atoms with van der Waals surface area (Å²) in [5, 5.41) is 12.0. The molecule has 0 aromatic carbocycles. The molecule has 0 aromatic rings. The fraction of sp³-hybridized carbons (Fsp3) is 0.905. The molecule has 0 saturated carbocycles. The first kappa shape index (κ1) is 26.3. The van der Waals surface area contributed by atoms with Crippen LogP contribution in [0.2, 0.25) is 0 Å². The van der Waals surface area contributed by atoms with Gasteiger partial charge in [-0.15, -0.1) is 0 Å². The van der Waals surface area contributed by atoms with Crippen molar-refractivity contribution in [2.75, 3.05) is 0 Å². The van der Waals surface area contributed by atoms with Gasteiger partial charge in [0.25, 0.3) is 0 Å². The molecule has 0 amide bonds. The Labute approximate surface area is 169 Å². The molecule has 0 rings (SSSR count). The van der Waals surface area contributed by atoms with Gasteiger partial charge in [-0.2, -0.15) is 0 Å². The summed E-state index contributed by atoms with van der Waals surface area (Å²) in [6, 6.07) is 0. The molecule has 7 heteroatoms. The minimum atomic E-state index is -1.36. The highest BCUT2D eigenvalue weighted by atomic mass is 16.6. The molecule has 0 fully saturated rings. The molecule has 0 saturated heterocycles. The Morgan fingerprint density at radius 1 is 0.714 bits per heavy atom. The number of nitro groups is 1. The molecule has 28 heavy (non-hydrogen) atoms. The lowest BCUT2D eigenvalue weighted by atomic mass is 9.78. The minimum absolute atomic E-state index is 0.0355. The van der Waals surface area contributed by atoms with Crippen molar-refractivity contribution in [2.45, 2.75) is 118 Å². The van der Waals surface area contributed by atoms with E-state index in [9.17, 15) is 19.7 Å². The van der Waals surface area contributed by atoms with Crippen LogP contribution in [0.15, 0.2) is 0 Å². The van der Waals surface area contributed by atoms with Crippen molar-refractivity contribution in [1.82, 2.24) is 0 Å². The molecule has 0 aliphatic heterocycles. The lowest BCUT2D eigenvalue weighted by Crippen LogP contribution is -2.41. The minimum Gasteiger partial charge on any atom is -0.460 e. The molecule has 0 bridgehead atoms. The Bertz CT molecular complexity index is 517. The summed E-state index contributed by atoms with van der Waals surface area (Å²) in [4.78, 5) is 35.9. The third-order valence-corrected chi connectivity index (χ3v) is 4.16. The Hall–Kier alpha value is -1.66. The summed E-state index contributed by atoms with van der Waals surface area (Å²) in [5.74, 6) is -0.932. The lowest BCUT2D eigenvalue weighted by Gasteiger charge is -2.29. The van der Waals surface area contributed by atoms with Crippen LogP contribution < -0.4 is 0 Å². The number of esters is 2. The molecular weight excluding hydrogens is 362 g/mol. The second kappa shape index (κ2) is 9.70. The van der Waals surface area contributed by atoms with E-state index in [0.717, 1.165) is 0 Å². The van der Waals surface area contributed by atoms with E-state index in [1.165, 1.54) is 0 Å². The fourth-order valence-corrected chi connectivity index (χ4v) is 2.71. The number of ether oxygens (including phenoxy) is 2. The maximum atomic E-state index is 12.1. The molecule has 0 unspecified atom stereocenters. The highest BCUT2D eigenvalue weighted by Crippen LogP contribution is 2.34. The molecule has 7 nitrogen and oxygen atoms in total. The Kier molecular flexibility index (Phi) is 9.13. The van der Waals surface area contributed by atoms with Gasteiger partial charge in [-0.3, -0.25) is 19.7 Å². The maximum Gasteiger partial charge on any atom is 0.306 e. The smallest absolute Gasteiger partial charge is 0.306 e. The molecule has 0 N–H and O–H groups in total. The van der Waals surface area contributed by atoms with Crippen LogP contribution >= 0.6 is 0 Å². The summed E-state index contributed by atoms with van der Waals surface area (Å²) in [6.07, 6.45) is 0.848. The topological polar surface area (TPSA) is 95.7 Å². The van der Waals surface area contributed by atoms with E-state index < -0.39 is 28.7 Å². The van der Waals surface area contributed by atoms with Gasteiger partial charge in [0.1, 0.15) is 11.2 Å². The van der Waals surface area contributed by atoms with Crippen molar-refractivity contribution in [3.63, 3.8) is 0 Å². The first-order chi connectivity index (χ1) is 12.4. The van der Waals surface area contributed by atoms with Gasteiger partial charge in [-0.25, -0.2) is 0 Å². The molecular formula is C21H39NO6. The van der Waals surface area contributed by atoms with Crippen molar-refractivity contribution in [3.8, 4) is 0 Å².